The summed E-state index contributed by atoms with van der Waals surface area (Å²) in [7, 11) is 0. The molecule has 1 fully saturated rings. The van der Waals surface area contributed by atoms with Gasteiger partial charge in [0.25, 0.3) is 0 Å². The van der Waals surface area contributed by atoms with E-state index in [1.165, 1.54) is 0 Å². The maximum absolute atomic E-state index is 5.46. The van der Waals surface area contributed by atoms with Crippen LogP contribution in [-0.4, -0.2) is 64.6 Å². The Labute approximate surface area is 169 Å². The van der Waals surface area contributed by atoms with Crippen molar-refractivity contribution in [3.63, 3.8) is 0 Å². The van der Waals surface area contributed by atoms with Crippen LogP contribution in [0.4, 0.5) is 5.95 Å². The highest BCUT2D eigenvalue weighted by Gasteiger charge is 2.21. The van der Waals surface area contributed by atoms with Crippen LogP contribution in [-0.2, 0) is 4.74 Å². The first-order valence-electron chi connectivity index (χ1n) is 9.90. The fourth-order valence-corrected chi connectivity index (χ4v) is 3.48. The van der Waals surface area contributed by atoms with E-state index in [0.29, 0.717) is 17.5 Å². The van der Waals surface area contributed by atoms with Crippen molar-refractivity contribution < 1.29 is 13.8 Å². The van der Waals surface area contributed by atoms with Crippen LogP contribution >= 0.6 is 0 Å². The number of hydrogen-bond donors (Lipinski definition) is 1. The zero-order valence-electron chi connectivity index (χ0n) is 17.1. The summed E-state index contributed by atoms with van der Waals surface area (Å²) in [6.45, 7) is 11.1. The minimum absolute atomic E-state index is 0.571. The summed E-state index contributed by atoms with van der Waals surface area (Å²) < 4.78 is 16.2. The maximum Gasteiger partial charge on any atom is 0.223 e. The number of aryl methyl sites for hydroxylation is 3. The molecule has 0 bridgehead atoms. The predicted molar refractivity (Wildman–Crippen MR) is 108 cm³/mol. The zero-order chi connectivity index (χ0) is 20.2. The van der Waals surface area contributed by atoms with Crippen molar-refractivity contribution in [2.75, 3.05) is 44.7 Å². The van der Waals surface area contributed by atoms with Gasteiger partial charge in [0.05, 0.1) is 41.4 Å². The van der Waals surface area contributed by atoms with E-state index in [1.54, 1.807) is 6.20 Å². The van der Waals surface area contributed by atoms with Crippen molar-refractivity contribution in [2.24, 2.45) is 0 Å². The standard InChI is InChI=1S/C20H26N6O3/c1-13-11-17(29-24-13)16-12-22-20(21-5-4-6-26-7-9-27-10-8-26)23-19(16)18-14(2)25-28-15(18)3/h11-12H,4-10H2,1-3H3,(H,21,22,23). The molecular weight excluding hydrogens is 372 g/mol. The van der Waals surface area contributed by atoms with Gasteiger partial charge in [-0.25, -0.2) is 9.97 Å². The fraction of sp³-hybridized carbons (Fsp3) is 0.500. The molecule has 29 heavy (non-hydrogen) atoms. The van der Waals surface area contributed by atoms with E-state index in [0.717, 1.165) is 74.0 Å². The summed E-state index contributed by atoms with van der Waals surface area (Å²) >= 11 is 0. The second-order valence-electron chi connectivity index (χ2n) is 7.22. The highest BCUT2D eigenvalue weighted by molar-refractivity contribution is 5.80. The number of anilines is 1. The normalized spacial score (nSPS) is 15.0. The van der Waals surface area contributed by atoms with E-state index >= 15 is 0 Å². The molecule has 0 spiro atoms. The average Bonchev–Trinajstić information content (AvgIpc) is 3.31. The lowest BCUT2D eigenvalue weighted by Gasteiger charge is -2.26. The Morgan fingerprint density at radius 2 is 1.93 bits per heavy atom. The van der Waals surface area contributed by atoms with Crippen LogP contribution < -0.4 is 5.32 Å². The van der Waals surface area contributed by atoms with Crippen molar-refractivity contribution >= 4 is 5.95 Å². The number of nitrogens with zero attached hydrogens (tertiary/aromatic N) is 5. The molecular formula is C20H26N6O3. The SMILES string of the molecule is Cc1cc(-c2cnc(NCCCN3CCOCC3)nc2-c2c(C)noc2C)on1. The van der Waals surface area contributed by atoms with Crippen LogP contribution in [0, 0.1) is 20.8 Å². The number of aromatic nitrogens is 4. The molecule has 0 atom stereocenters. The monoisotopic (exact) mass is 398 g/mol. The smallest absolute Gasteiger partial charge is 0.223 e. The lowest BCUT2D eigenvalue weighted by molar-refractivity contribution is 0.0378. The van der Waals surface area contributed by atoms with Gasteiger partial charge < -0.3 is 19.1 Å². The van der Waals surface area contributed by atoms with E-state index in [2.05, 4.69) is 25.5 Å². The molecule has 0 aliphatic carbocycles. The van der Waals surface area contributed by atoms with Crippen LogP contribution in [0.15, 0.2) is 21.3 Å². The van der Waals surface area contributed by atoms with Crippen molar-refractivity contribution in [2.45, 2.75) is 27.2 Å². The molecule has 0 amide bonds. The fourth-order valence-electron chi connectivity index (χ4n) is 3.48. The molecule has 154 valence electrons. The third-order valence-corrected chi connectivity index (χ3v) is 4.99. The first-order chi connectivity index (χ1) is 14.1. The highest BCUT2D eigenvalue weighted by atomic mass is 16.5. The quantitative estimate of drug-likeness (QED) is 0.602. The largest absolute Gasteiger partial charge is 0.379 e. The number of morpholine rings is 1. The minimum Gasteiger partial charge on any atom is -0.379 e. The van der Waals surface area contributed by atoms with E-state index in [4.69, 9.17) is 18.8 Å². The van der Waals surface area contributed by atoms with E-state index in [-0.39, 0.29) is 0 Å². The molecule has 9 heteroatoms. The Bertz CT molecular complexity index is 942. The average molecular weight is 398 g/mol. The maximum atomic E-state index is 5.46. The molecule has 0 aromatic carbocycles. The number of rotatable bonds is 7. The van der Waals surface area contributed by atoms with Gasteiger partial charge >= 0.3 is 0 Å². The molecule has 0 saturated carbocycles. The van der Waals surface area contributed by atoms with Gasteiger partial charge in [-0.15, -0.1) is 0 Å². The third-order valence-electron chi connectivity index (χ3n) is 4.99. The Kier molecular flexibility index (Phi) is 5.86. The molecule has 0 unspecified atom stereocenters. The lowest BCUT2D eigenvalue weighted by atomic mass is 10.0. The zero-order valence-corrected chi connectivity index (χ0v) is 17.1. The molecule has 1 saturated heterocycles. The Hall–Kier alpha value is -2.78. The summed E-state index contributed by atoms with van der Waals surface area (Å²) in [5, 5.41) is 11.4. The van der Waals surface area contributed by atoms with Gasteiger partial charge in [0.15, 0.2) is 5.76 Å². The number of hydrogen-bond acceptors (Lipinski definition) is 9. The molecule has 1 aliphatic heterocycles. The number of ether oxygens (including phenoxy) is 1. The second-order valence-corrected chi connectivity index (χ2v) is 7.22. The molecule has 3 aromatic rings. The Morgan fingerprint density at radius 1 is 1.10 bits per heavy atom. The predicted octanol–water partition coefficient (Wildman–Crippen LogP) is 2.85. The lowest BCUT2D eigenvalue weighted by Crippen LogP contribution is -2.37. The van der Waals surface area contributed by atoms with Crippen molar-refractivity contribution in [1.82, 2.24) is 25.2 Å². The van der Waals surface area contributed by atoms with Crippen LogP contribution in [0.2, 0.25) is 0 Å². The van der Waals surface area contributed by atoms with Crippen LogP contribution in [0.5, 0.6) is 0 Å². The minimum atomic E-state index is 0.571. The first kappa shape index (κ1) is 19.5. The molecule has 3 aromatic heterocycles. The summed E-state index contributed by atoms with van der Waals surface area (Å²) in [5.41, 5.74) is 3.92. The second kappa shape index (κ2) is 8.71. The first-order valence-corrected chi connectivity index (χ1v) is 9.90. The van der Waals surface area contributed by atoms with Crippen LogP contribution in [0.3, 0.4) is 0 Å². The van der Waals surface area contributed by atoms with Gasteiger partial charge in [0.2, 0.25) is 5.95 Å². The van der Waals surface area contributed by atoms with Gasteiger partial charge in [-0.1, -0.05) is 10.3 Å². The van der Waals surface area contributed by atoms with E-state index in [1.807, 2.05) is 26.8 Å². The summed E-state index contributed by atoms with van der Waals surface area (Å²) in [5.74, 6) is 1.90. The van der Waals surface area contributed by atoms with Crippen LogP contribution in [0.1, 0.15) is 23.6 Å². The topological polar surface area (TPSA) is 102 Å². The van der Waals surface area contributed by atoms with Crippen molar-refractivity contribution in [3.8, 4) is 22.6 Å². The van der Waals surface area contributed by atoms with Gasteiger partial charge in [0.1, 0.15) is 5.76 Å². The Balaban J connectivity index is 1.52. The van der Waals surface area contributed by atoms with Crippen molar-refractivity contribution in [1.29, 1.82) is 0 Å². The van der Waals surface area contributed by atoms with Gasteiger partial charge in [-0.05, 0) is 33.7 Å². The van der Waals surface area contributed by atoms with Crippen molar-refractivity contribution in [3.05, 3.63) is 29.4 Å². The summed E-state index contributed by atoms with van der Waals surface area (Å²) in [6, 6.07) is 1.87. The molecule has 4 heterocycles. The third kappa shape index (κ3) is 4.46. The van der Waals surface area contributed by atoms with E-state index in [9.17, 15) is 0 Å². The van der Waals surface area contributed by atoms with Gasteiger partial charge in [-0.3, -0.25) is 4.90 Å². The summed E-state index contributed by atoms with van der Waals surface area (Å²) in [6.07, 6.45) is 2.77. The summed E-state index contributed by atoms with van der Waals surface area (Å²) in [4.78, 5) is 11.7. The molecule has 1 aliphatic rings. The van der Waals surface area contributed by atoms with Gasteiger partial charge in [0, 0.05) is 31.9 Å². The van der Waals surface area contributed by atoms with E-state index < -0.39 is 0 Å². The Morgan fingerprint density at radius 3 is 2.62 bits per heavy atom. The van der Waals surface area contributed by atoms with Crippen LogP contribution in [0.25, 0.3) is 22.6 Å². The molecule has 4 rings (SSSR count). The highest BCUT2D eigenvalue weighted by Crippen LogP contribution is 2.34. The van der Waals surface area contributed by atoms with Gasteiger partial charge in [-0.2, -0.15) is 0 Å². The molecule has 1 N–H and O–H groups in total. The number of nitrogens with one attached hydrogen (secondary N) is 1. The molecule has 9 nitrogen and oxygen atoms in total. The molecule has 0 radical (unpaired) electrons.